The van der Waals surface area contributed by atoms with E-state index in [-0.39, 0.29) is 12.1 Å². The zero-order valence-electron chi connectivity index (χ0n) is 16.0. The molecule has 25 heavy (non-hydrogen) atoms. The minimum Gasteiger partial charge on any atom is -0.444 e. The molecule has 4 heteroatoms. The molecule has 0 aliphatic carbocycles. The summed E-state index contributed by atoms with van der Waals surface area (Å²) in [5.41, 5.74) is 2.22. The number of para-hydroxylation sites is 1. The first kappa shape index (κ1) is 17.8. The molecule has 1 aromatic carbocycles. The van der Waals surface area contributed by atoms with E-state index < -0.39 is 5.60 Å². The van der Waals surface area contributed by atoms with Crippen molar-refractivity contribution in [2.75, 3.05) is 0 Å². The molecular formula is C21H30N2O2. The van der Waals surface area contributed by atoms with Crippen molar-refractivity contribution in [3.05, 3.63) is 36.0 Å². The van der Waals surface area contributed by atoms with Gasteiger partial charge in [0, 0.05) is 23.8 Å². The second-order valence-electron chi connectivity index (χ2n) is 8.52. The minimum atomic E-state index is -0.468. The van der Waals surface area contributed by atoms with Gasteiger partial charge < -0.3 is 14.6 Å². The molecule has 0 unspecified atom stereocenters. The SMILES string of the molecule is CC(C)[C@@H](NC(=O)OC(C)(C)C)[C@H]1CCn2c(cc3ccccc32)C1. The fraction of sp³-hybridized carbons (Fsp3) is 0.571. The first-order valence-electron chi connectivity index (χ1n) is 9.31. The Morgan fingerprint density at radius 2 is 2.00 bits per heavy atom. The third kappa shape index (κ3) is 4.00. The summed E-state index contributed by atoms with van der Waals surface area (Å²) in [4.78, 5) is 12.3. The smallest absolute Gasteiger partial charge is 0.407 e. The molecule has 0 fully saturated rings. The second-order valence-corrected chi connectivity index (χ2v) is 8.52. The Hall–Kier alpha value is -1.97. The average molecular weight is 342 g/mol. The van der Waals surface area contributed by atoms with E-state index in [1.54, 1.807) is 0 Å². The summed E-state index contributed by atoms with van der Waals surface area (Å²) in [7, 11) is 0. The maximum absolute atomic E-state index is 12.3. The third-order valence-corrected chi connectivity index (χ3v) is 5.00. The fourth-order valence-corrected chi connectivity index (χ4v) is 3.95. The number of nitrogens with one attached hydrogen (secondary N) is 1. The Morgan fingerprint density at radius 3 is 2.68 bits per heavy atom. The van der Waals surface area contributed by atoms with Crippen molar-refractivity contribution in [1.29, 1.82) is 0 Å². The molecule has 0 radical (unpaired) electrons. The third-order valence-electron chi connectivity index (χ3n) is 5.00. The molecule has 1 aromatic heterocycles. The monoisotopic (exact) mass is 342 g/mol. The summed E-state index contributed by atoms with van der Waals surface area (Å²) < 4.78 is 7.90. The van der Waals surface area contributed by atoms with E-state index in [1.807, 2.05) is 20.8 Å². The van der Waals surface area contributed by atoms with Gasteiger partial charge >= 0.3 is 6.09 Å². The Balaban J connectivity index is 1.76. The van der Waals surface area contributed by atoms with Crippen LogP contribution < -0.4 is 5.32 Å². The number of aryl methyl sites for hydroxylation is 1. The first-order valence-corrected chi connectivity index (χ1v) is 9.31. The largest absolute Gasteiger partial charge is 0.444 e. The van der Waals surface area contributed by atoms with Crippen molar-refractivity contribution in [2.45, 2.75) is 65.6 Å². The molecular weight excluding hydrogens is 312 g/mol. The highest BCUT2D eigenvalue weighted by atomic mass is 16.6. The van der Waals surface area contributed by atoms with Crippen molar-refractivity contribution in [3.63, 3.8) is 0 Å². The minimum absolute atomic E-state index is 0.126. The van der Waals surface area contributed by atoms with Crippen LogP contribution in [-0.2, 0) is 17.7 Å². The lowest BCUT2D eigenvalue weighted by Gasteiger charge is -2.35. The number of benzene rings is 1. The van der Waals surface area contributed by atoms with Gasteiger partial charge in [0.15, 0.2) is 0 Å². The average Bonchev–Trinajstić information content (AvgIpc) is 2.88. The highest BCUT2D eigenvalue weighted by Crippen LogP contribution is 2.31. The molecule has 0 saturated heterocycles. The number of aromatic nitrogens is 1. The van der Waals surface area contributed by atoms with Gasteiger partial charge in [0.2, 0.25) is 0 Å². The second kappa shape index (κ2) is 6.74. The lowest BCUT2D eigenvalue weighted by atomic mass is 9.83. The van der Waals surface area contributed by atoms with Gasteiger partial charge in [-0.2, -0.15) is 0 Å². The van der Waals surface area contributed by atoms with Crippen LogP contribution in [0.5, 0.6) is 0 Å². The van der Waals surface area contributed by atoms with Crippen LogP contribution in [-0.4, -0.2) is 22.3 Å². The van der Waals surface area contributed by atoms with Crippen LogP contribution in [0.25, 0.3) is 10.9 Å². The van der Waals surface area contributed by atoms with Crippen LogP contribution in [0.1, 0.15) is 46.7 Å². The van der Waals surface area contributed by atoms with E-state index in [9.17, 15) is 4.79 Å². The predicted octanol–water partition coefficient (Wildman–Crippen LogP) is 4.75. The van der Waals surface area contributed by atoms with Crippen LogP contribution in [0.4, 0.5) is 4.79 Å². The Labute approximate surface area is 150 Å². The Kier molecular flexibility index (Phi) is 4.81. The molecule has 3 rings (SSSR count). The summed E-state index contributed by atoms with van der Waals surface area (Å²) >= 11 is 0. The molecule has 0 saturated carbocycles. The highest BCUT2D eigenvalue weighted by Gasteiger charge is 2.31. The van der Waals surface area contributed by atoms with Crippen LogP contribution in [0.3, 0.4) is 0 Å². The normalized spacial score (nSPS) is 18.9. The number of hydrogen-bond donors (Lipinski definition) is 1. The van der Waals surface area contributed by atoms with Gasteiger partial charge in [-0.3, -0.25) is 0 Å². The summed E-state index contributed by atoms with van der Waals surface area (Å²) in [6.45, 7) is 11.0. The zero-order valence-corrected chi connectivity index (χ0v) is 16.0. The van der Waals surface area contributed by atoms with Crippen molar-refractivity contribution in [3.8, 4) is 0 Å². The quantitative estimate of drug-likeness (QED) is 0.874. The molecule has 2 atom stereocenters. The highest BCUT2D eigenvalue weighted by molar-refractivity contribution is 5.81. The van der Waals surface area contributed by atoms with Gasteiger partial charge in [0.1, 0.15) is 5.60 Å². The number of alkyl carbamates (subject to hydrolysis) is 1. The zero-order chi connectivity index (χ0) is 18.2. The fourth-order valence-electron chi connectivity index (χ4n) is 3.95. The van der Waals surface area contributed by atoms with Gasteiger partial charge in [-0.25, -0.2) is 4.79 Å². The van der Waals surface area contributed by atoms with Gasteiger partial charge in [0.25, 0.3) is 0 Å². The molecule has 2 aromatic rings. The van der Waals surface area contributed by atoms with Crippen molar-refractivity contribution in [1.82, 2.24) is 9.88 Å². The summed E-state index contributed by atoms with van der Waals surface area (Å²) in [5, 5.41) is 4.44. The number of carbonyl (C=O) groups is 1. The molecule has 136 valence electrons. The molecule has 0 bridgehead atoms. The molecule has 1 N–H and O–H groups in total. The van der Waals surface area contributed by atoms with Gasteiger partial charge in [0.05, 0.1) is 0 Å². The molecule has 4 nitrogen and oxygen atoms in total. The van der Waals surface area contributed by atoms with Crippen molar-refractivity contribution >= 4 is 17.0 Å². The number of rotatable bonds is 3. The summed E-state index contributed by atoms with van der Waals surface area (Å²) in [6, 6.07) is 11.0. The van der Waals surface area contributed by atoms with Crippen LogP contribution in [0.15, 0.2) is 30.3 Å². The van der Waals surface area contributed by atoms with Crippen molar-refractivity contribution < 1.29 is 9.53 Å². The van der Waals surface area contributed by atoms with E-state index in [0.29, 0.717) is 11.8 Å². The molecule has 1 amide bonds. The van der Waals surface area contributed by atoms with Gasteiger partial charge in [-0.1, -0.05) is 32.0 Å². The van der Waals surface area contributed by atoms with Crippen molar-refractivity contribution in [2.24, 2.45) is 11.8 Å². The maximum atomic E-state index is 12.3. The molecule has 1 aliphatic rings. The number of amides is 1. The standard InChI is InChI=1S/C21H30N2O2/c1-14(2)19(22-20(24)25-21(3,4)5)16-10-11-23-17(13-16)12-15-8-6-7-9-18(15)23/h6-9,12,14,16,19H,10-11,13H2,1-5H3,(H,22,24)/t16-,19+/m0/s1. The summed E-state index contributed by atoms with van der Waals surface area (Å²) in [5.74, 6) is 0.803. The first-order chi connectivity index (χ1) is 11.7. The lowest BCUT2D eigenvalue weighted by molar-refractivity contribution is 0.0457. The van der Waals surface area contributed by atoms with E-state index in [0.717, 1.165) is 19.4 Å². The van der Waals surface area contributed by atoms with E-state index >= 15 is 0 Å². The van der Waals surface area contributed by atoms with Gasteiger partial charge in [-0.05, 0) is 63.0 Å². The Morgan fingerprint density at radius 1 is 1.28 bits per heavy atom. The topological polar surface area (TPSA) is 43.3 Å². The maximum Gasteiger partial charge on any atom is 0.407 e. The van der Waals surface area contributed by atoms with E-state index in [2.05, 4.69) is 54.1 Å². The van der Waals surface area contributed by atoms with E-state index in [1.165, 1.54) is 16.6 Å². The number of hydrogen-bond acceptors (Lipinski definition) is 2. The molecule has 0 spiro atoms. The van der Waals surface area contributed by atoms with Gasteiger partial charge in [-0.15, -0.1) is 0 Å². The Bertz CT molecular complexity index is 755. The number of nitrogens with zero attached hydrogens (tertiary/aromatic N) is 1. The molecule has 2 heterocycles. The number of fused-ring (bicyclic) bond motifs is 3. The lowest BCUT2D eigenvalue weighted by Crippen LogP contribution is -2.47. The molecule has 1 aliphatic heterocycles. The van der Waals surface area contributed by atoms with Crippen LogP contribution >= 0.6 is 0 Å². The van der Waals surface area contributed by atoms with Crippen LogP contribution in [0.2, 0.25) is 0 Å². The van der Waals surface area contributed by atoms with E-state index in [4.69, 9.17) is 4.74 Å². The summed E-state index contributed by atoms with van der Waals surface area (Å²) in [6.07, 6.45) is 1.76. The predicted molar refractivity (Wildman–Crippen MR) is 102 cm³/mol. The number of carbonyl (C=O) groups excluding carboxylic acids is 1. The van der Waals surface area contributed by atoms with Crippen LogP contribution in [0, 0.1) is 11.8 Å². The number of ether oxygens (including phenoxy) is 1.